The number of nitrogens with one attached hydrogen (secondary N) is 1. The van der Waals surface area contributed by atoms with Crippen molar-refractivity contribution >= 4 is 21.8 Å². The molecule has 0 aliphatic carbocycles. The fourth-order valence-corrected chi connectivity index (χ4v) is 4.09. The van der Waals surface area contributed by atoms with Crippen molar-refractivity contribution < 1.29 is 0 Å². The summed E-state index contributed by atoms with van der Waals surface area (Å²) in [7, 11) is 0. The van der Waals surface area contributed by atoms with E-state index < -0.39 is 0 Å². The van der Waals surface area contributed by atoms with Crippen molar-refractivity contribution in [2.45, 2.75) is 19.8 Å². The highest BCUT2D eigenvalue weighted by molar-refractivity contribution is 6.07. The number of rotatable bonds is 3. The van der Waals surface area contributed by atoms with Gasteiger partial charge in [0.1, 0.15) is 0 Å². The van der Waals surface area contributed by atoms with Crippen molar-refractivity contribution in [2.24, 2.45) is 0 Å². The van der Waals surface area contributed by atoms with Gasteiger partial charge in [-0.15, -0.1) is 0 Å². The quantitative estimate of drug-likeness (QED) is 0.343. The molecule has 0 radical (unpaired) electrons. The molecule has 1 nitrogen and oxygen atoms in total. The number of H-pyrrole nitrogens is 1. The molecule has 5 aromatic rings. The van der Waals surface area contributed by atoms with Crippen molar-refractivity contribution in [3.8, 4) is 11.1 Å². The Hall–Kier alpha value is -3.32. The van der Waals surface area contributed by atoms with Gasteiger partial charge in [-0.3, -0.25) is 0 Å². The Morgan fingerprint density at radius 1 is 0.607 bits per heavy atom. The summed E-state index contributed by atoms with van der Waals surface area (Å²) in [6, 6.07) is 33.0. The van der Waals surface area contributed by atoms with E-state index in [-0.39, 0.29) is 0 Å². The second-order valence-corrected chi connectivity index (χ2v) is 7.69. The van der Waals surface area contributed by atoms with Gasteiger partial charge in [-0.2, -0.15) is 0 Å². The Balaban J connectivity index is 1.52. The molecular formula is C27H23N. The second-order valence-electron chi connectivity index (χ2n) is 7.69. The van der Waals surface area contributed by atoms with Gasteiger partial charge in [0, 0.05) is 27.7 Å². The van der Waals surface area contributed by atoms with Crippen molar-refractivity contribution in [3.05, 3.63) is 108 Å². The van der Waals surface area contributed by atoms with Crippen LogP contribution in [0.5, 0.6) is 0 Å². The Labute approximate surface area is 165 Å². The first-order valence-corrected chi connectivity index (χ1v) is 9.86. The highest BCUT2D eigenvalue weighted by atomic mass is 14.7. The SMILES string of the molecule is Cc1ccc2[nH]c3ccc(C(C)c4ccc(-c5ccccc5)cc4)cc3c2c1. The Morgan fingerprint density at radius 3 is 1.96 bits per heavy atom. The van der Waals surface area contributed by atoms with Gasteiger partial charge in [0.05, 0.1) is 0 Å². The molecule has 0 aliphatic heterocycles. The van der Waals surface area contributed by atoms with Crippen LogP contribution in [-0.4, -0.2) is 4.98 Å². The van der Waals surface area contributed by atoms with Crippen molar-refractivity contribution in [2.75, 3.05) is 0 Å². The summed E-state index contributed by atoms with van der Waals surface area (Å²) >= 11 is 0. The zero-order valence-corrected chi connectivity index (χ0v) is 16.2. The molecule has 0 aliphatic rings. The van der Waals surface area contributed by atoms with E-state index in [1.165, 1.54) is 49.6 Å². The monoisotopic (exact) mass is 361 g/mol. The zero-order valence-electron chi connectivity index (χ0n) is 16.2. The molecule has 1 unspecified atom stereocenters. The van der Waals surface area contributed by atoms with Gasteiger partial charge in [0.15, 0.2) is 0 Å². The lowest BCUT2D eigenvalue weighted by atomic mass is 9.91. The summed E-state index contributed by atoms with van der Waals surface area (Å²) in [5.41, 5.74) is 8.92. The van der Waals surface area contributed by atoms with Crippen LogP contribution in [0.15, 0.2) is 91.0 Å². The normalized spacial score (nSPS) is 12.5. The maximum atomic E-state index is 3.54. The molecule has 0 spiro atoms. The van der Waals surface area contributed by atoms with Crippen LogP contribution < -0.4 is 0 Å². The van der Waals surface area contributed by atoms with E-state index >= 15 is 0 Å². The van der Waals surface area contributed by atoms with E-state index in [0.29, 0.717) is 5.92 Å². The summed E-state index contributed by atoms with van der Waals surface area (Å²) in [6.07, 6.45) is 0. The zero-order chi connectivity index (χ0) is 19.1. The molecule has 4 aromatic carbocycles. The highest BCUT2D eigenvalue weighted by Gasteiger charge is 2.12. The average Bonchev–Trinajstić information content (AvgIpc) is 3.11. The van der Waals surface area contributed by atoms with E-state index in [9.17, 15) is 0 Å². The topological polar surface area (TPSA) is 15.8 Å². The van der Waals surface area contributed by atoms with E-state index in [4.69, 9.17) is 0 Å². The molecule has 28 heavy (non-hydrogen) atoms. The smallest absolute Gasteiger partial charge is 0.0465 e. The first kappa shape index (κ1) is 16.8. The fraction of sp³-hybridized carbons (Fsp3) is 0.111. The van der Waals surface area contributed by atoms with Crippen LogP contribution in [0.2, 0.25) is 0 Å². The molecule has 1 heteroatoms. The molecule has 0 saturated carbocycles. The Bertz CT molecular complexity index is 1260. The van der Waals surface area contributed by atoms with Gasteiger partial charge in [-0.25, -0.2) is 0 Å². The van der Waals surface area contributed by atoms with E-state index in [2.05, 4.69) is 110 Å². The van der Waals surface area contributed by atoms with Gasteiger partial charge in [0.2, 0.25) is 0 Å². The summed E-state index contributed by atoms with van der Waals surface area (Å²) < 4.78 is 0. The first-order valence-electron chi connectivity index (χ1n) is 9.86. The summed E-state index contributed by atoms with van der Waals surface area (Å²) in [6.45, 7) is 4.44. The summed E-state index contributed by atoms with van der Waals surface area (Å²) in [5.74, 6) is 0.351. The average molecular weight is 361 g/mol. The molecule has 1 atom stereocenters. The van der Waals surface area contributed by atoms with Crippen LogP contribution in [0, 0.1) is 6.92 Å². The molecule has 1 heterocycles. The molecule has 0 saturated heterocycles. The molecule has 136 valence electrons. The minimum Gasteiger partial charge on any atom is -0.355 e. The lowest BCUT2D eigenvalue weighted by Gasteiger charge is -2.14. The predicted octanol–water partition coefficient (Wildman–Crippen LogP) is 7.45. The van der Waals surface area contributed by atoms with Gasteiger partial charge in [-0.1, -0.05) is 79.2 Å². The third-order valence-electron chi connectivity index (χ3n) is 5.80. The summed E-state index contributed by atoms with van der Waals surface area (Å²) in [5, 5.41) is 2.62. The number of aryl methyl sites for hydroxylation is 1. The van der Waals surface area contributed by atoms with Crippen molar-refractivity contribution in [1.29, 1.82) is 0 Å². The van der Waals surface area contributed by atoms with Crippen LogP contribution in [0.1, 0.15) is 29.5 Å². The van der Waals surface area contributed by atoms with Gasteiger partial charge in [-0.05, 0) is 53.4 Å². The number of fused-ring (bicyclic) bond motifs is 3. The number of benzene rings is 4. The molecular weight excluding hydrogens is 338 g/mol. The number of aromatic amines is 1. The molecule has 0 bridgehead atoms. The lowest BCUT2D eigenvalue weighted by Crippen LogP contribution is -1.96. The van der Waals surface area contributed by atoms with Crippen molar-refractivity contribution in [1.82, 2.24) is 4.98 Å². The number of hydrogen-bond donors (Lipinski definition) is 1. The molecule has 1 aromatic heterocycles. The van der Waals surface area contributed by atoms with Crippen LogP contribution in [-0.2, 0) is 0 Å². The Morgan fingerprint density at radius 2 is 1.21 bits per heavy atom. The van der Waals surface area contributed by atoms with E-state index in [1.54, 1.807) is 0 Å². The van der Waals surface area contributed by atoms with E-state index in [1.807, 2.05) is 0 Å². The second kappa shape index (κ2) is 6.69. The standard InChI is InChI=1S/C27H23N/c1-18-8-14-26-24(16-18)25-17-23(13-15-27(25)28-26)19(2)20-9-11-22(12-10-20)21-6-4-3-5-7-21/h3-17,19,28H,1-2H3. The number of aromatic nitrogens is 1. The Kier molecular flexibility index (Phi) is 4.02. The molecule has 0 amide bonds. The van der Waals surface area contributed by atoms with Crippen molar-refractivity contribution in [3.63, 3.8) is 0 Å². The van der Waals surface area contributed by atoms with Gasteiger partial charge >= 0.3 is 0 Å². The maximum absolute atomic E-state index is 3.54. The van der Waals surface area contributed by atoms with E-state index in [0.717, 1.165) is 0 Å². The molecule has 0 fully saturated rings. The first-order chi connectivity index (χ1) is 13.7. The maximum Gasteiger partial charge on any atom is 0.0465 e. The third kappa shape index (κ3) is 2.90. The third-order valence-corrected chi connectivity index (χ3v) is 5.80. The van der Waals surface area contributed by atoms with Crippen LogP contribution in [0.4, 0.5) is 0 Å². The van der Waals surface area contributed by atoms with Gasteiger partial charge in [0.25, 0.3) is 0 Å². The van der Waals surface area contributed by atoms with Crippen LogP contribution in [0.3, 0.4) is 0 Å². The van der Waals surface area contributed by atoms with Gasteiger partial charge < -0.3 is 4.98 Å². The van der Waals surface area contributed by atoms with Crippen LogP contribution in [0.25, 0.3) is 32.9 Å². The van der Waals surface area contributed by atoms with Crippen LogP contribution >= 0.6 is 0 Å². The molecule has 5 rings (SSSR count). The fourth-order valence-electron chi connectivity index (χ4n) is 4.09. The molecule has 1 N–H and O–H groups in total. The minimum atomic E-state index is 0.351. The lowest BCUT2D eigenvalue weighted by molar-refractivity contribution is 0.925. The highest BCUT2D eigenvalue weighted by Crippen LogP contribution is 2.32. The minimum absolute atomic E-state index is 0.351. The largest absolute Gasteiger partial charge is 0.355 e. The predicted molar refractivity (Wildman–Crippen MR) is 120 cm³/mol. The summed E-state index contributed by atoms with van der Waals surface area (Å²) in [4.78, 5) is 3.54. The number of hydrogen-bond acceptors (Lipinski definition) is 0.